The SMILES string of the molecule is CC(NC(=O)CN(C)C(C)c1cc(F)ccc1F)c1ccc(Br)cc1. The van der Waals surface area contributed by atoms with Crippen molar-refractivity contribution in [2.45, 2.75) is 25.9 Å². The van der Waals surface area contributed by atoms with Crippen molar-refractivity contribution in [3.8, 4) is 0 Å². The van der Waals surface area contributed by atoms with Crippen molar-refractivity contribution < 1.29 is 13.6 Å². The number of carbonyl (C=O) groups is 1. The lowest BCUT2D eigenvalue weighted by molar-refractivity contribution is -0.123. The Balaban J connectivity index is 1.97. The van der Waals surface area contributed by atoms with E-state index in [0.29, 0.717) is 0 Å². The van der Waals surface area contributed by atoms with E-state index in [1.54, 1.807) is 18.9 Å². The molecule has 0 aliphatic rings. The van der Waals surface area contributed by atoms with Crippen LogP contribution in [-0.2, 0) is 4.79 Å². The van der Waals surface area contributed by atoms with Crippen LogP contribution in [0.25, 0.3) is 0 Å². The maximum Gasteiger partial charge on any atom is 0.234 e. The molecule has 1 N–H and O–H groups in total. The third kappa shape index (κ3) is 5.34. The zero-order valence-corrected chi connectivity index (χ0v) is 16.0. The van der Waals surface area contributed by atoms with Gasteiger partial charge in [0.05, 0.1) is 12.6 Å². The van der Waals surface area contributed by atoms with Crippen molar-refractivity contribution >= 4 is 21.8 Å². The standard InChI is InChI=1S/C19H21BrF2N2O/c1-12(14-4-6-15(20)7-5-14)23-19(25)11-24(3)13(2)17-10-16(21)8-9-18(17)22/h4-10,12-13H,11H2,1-3H3,(H,23,25). The summed E-state index contributed by atoms with van der Waals surface area (Å²) in [5, 5.41) is 2.92. The largest absolute Gasteiger partial charge is 0.348 e. The molecular weight excluding hydrogens is 390 g/mol. The molecule has 0 aliphatic carbocycles. The van der Waals surface area contributed by atoms with Crippen LogP contribution in [0.1, 0.15) is 37.1 Å². The van der Waals surface area contributed by atoms with Gasteiger partial charge in [-0.2, -0.15) is 0 Å². The van der Waals surface area contributed by atoms with Gasteiger partial charge in [0.1, 0.15) is 11.6 Å². The van der Waals surface area contributed by atoms with E-state index < -0.39 is 17.7 Å². The Morgan fingerprint density at radius 2 is 1.80 bits per heavy atom. The lowest BCUT2D eigenvalue weighted by Gasteiger charge is -2.25. The molecule has 0 bridgehead atoms. The van der Waals surface area contributed by atoms with Gasteiger partial charge in [0.25, 0.3) is 0 Å². The van der Waals surface area contributed by atoms with E-state index in [1.165, 1.54) is 6.07 Å². The molecule has 6 heteroatoms. The molecule has 2 aromatic rings. The summed E-state index contributed by atoms with van der Waals surface area (Å²) in [6, 6.07) is 10.5. The summed E-state index contributed by atoms with van der Waals surface area (Å²) in [6.45, 7) is 3.72. The molecule has 0 spiro atoms. The van der Waals surface area contributed by atoms with Gasteiger partial charge in [-0.15, -0.1) is 0 Å². The minimum atomic E-state index is -0.495. The van der Waals surface area contributed by atoms with Crippen LogP contribution in [0, 0.1) is 11.6 Å². The Kier molecular flexibility index (Phi) is 6.67. The maximum absolute atomic E-state index is 13.9. The number of hydrogen-bond donors (Lipinski definition) is 1. The van der Waals surface area contributed by atoms with Gasteiger partial charge >= 0.3 is 0 Å². The molecule has 134 valence electrons. The van der Waals surface area contributed by atoms with E-state index in [4.69, 9.17) is 0 Å². The van der Waals surface area contributed by atoms with E-state index in [2.05, 4.69) is 21.2 Å². The van der Waals surface area contributed by atoms with Crippen LogP contribution in [0.2, 0.25) is 0 Å². The summed E-state index contributed by atoms with van der Waals surface area (Å²) in [7, 11) is 1.71. The van der Waals surface area contributed by atoms with Crippen LogP contribution >= 0.6 is 15.9 Å². The molecule has 25 heavy (non-hydrogen) atoms. The Hall–Kier alpha value is -1.79. The second-order valence-electron chi connectivity index (χ2n) is 6.10. The molecule has 2 unspecified atom stereocenters. The van der Waals surface area contributed by atoms with E-state index in [1.807, 2.05) is 31.2 Å². The molecule has 3 nitrogen and oxygen atoms in total. The van der Waals surface area contributed by atoms with Crippen LogP contribution in [-0.4, -0.2) is 24.4 Å². The Morgan fingerprint density at radius 3 is 2.44 bits per heavy atom. The Labute approximate surface area is 155 Å². The van der Waals surface area contributed by atoms with Gasteiger partial charge in [-0.3, -0.25) is 9.69 Å². The van der Waals surface area contributed by atoms with Crippen molar-refractivity contribution in [3.63, 3.8) is 0 Å². The smallest absolute Gasteiger partial charge is 0.234 e. The molecule has 2 aromatic carbocycles. The number of amides is 1. The highest BCUT2D eigenvalue weighted by atomic mass is 79.9. The lowest BCUT2D eigenvalue weighted by atomic mass is 10.1. The molecule has 2 rings (SSSR count). The number of nitrogens with zero attached hydrogens (tertiary/aromatic N) is 1. The van der Waals surface area contributed by atoms with Crippen LogP contribution in [0.5, 0.6) is 0 Å². The topological polar surface area (TPSA) is 32.3 Å². The third-order valence-electron chi connectivity index (χ3n) is 4.21. The zero-order chi connectivity index (χ0) is 18.6. The number of halogens is 3. The van der Waals surface area contributed by atoms with Crippen molar-refractivity contribution in [1.29, 1.82) is 0 Å². The van der Waals surface area contributed by atoms with Crippen molar-refractivity contribution in [2.24, 2.45) is 0 Å². The van der Waals surface area contributed by atoms with Gasteiger partial charge < -0.3 is 5.32 Å². The average molecular weight is 411 g/mol. The van der Waals surface area contributed by atoms with Gasteiger partial charge in [0.2, 0.25) is 5.91 Å². The number of benzene rings is 2. The monoisotopic (exact) mass is 410 g/mol. The number of hydrogen-bond acceptors (Lipinski definition) is 2. The molecule has 0 saturated carbocycles. The summed E-state index contributed by atoms with van der Waals surface area (Å²) >= 11 is 3.38. The highest BCUT2D eigenvalue weighted by Crippen LogP contribution is 2.23. The van der Waals surface area contributed by atoms with Crippen LogP contribution in [0.15, 0.2) is 46.9 Å². The fourth-order valence-corrected chi connectivity index (χ4v) is 2.82. The second-order valence-corrected chi connectivity index (χ2v) is 7.01. The predicted molar refractivity (Wildman–Crippen MR) is 98.1 cm³/mol. The molecule has 1 amide bonds. The predicted octanol–water partition coefficient (Wildman–Crippen LogP) is 4.60. The first-order valence-corrected chi connectivity index (χ1v) is 8.77. The van der Waals surface area contributed by atoms with E-state index in [-0.39, 0.29) is 24.1 Å². The van der Waals surface area contributed by atoms with Gasteiger partial charge in [0, 0.05) is 16.1 Å². The van der Waals surface area contributed by atoms with Gasteiger partial charge in [0.15, 0.2) is 0 Å². The minimum Gasteiger partial charge on any atom is -0.348 e. The highest BCUT2D eigenvalue weighted by Gasteiger charge is 2.19. The third-order valence-corrected chi connectivity index (χ3v) is 4.74. The molecule has 0 heterocycles. The molecule has 0 aliphatic heterocycles. The van der Waals surface area contributed by atoms with E-state index >= 15 is 0 Å². The molecule has 0 radical (unpaired) electrons. The van der Waals surface area contributed by atoms with Crippen LogP contribution in [0.3, 0.4) is 0 Å². The number of likely N-dealkylation sites (N-methyl/N-ethyl adjacent to an activating group) is 1. The maximum atomic E-state index is 13.9. The number of carbonyl (C=O) groups excluding carboxylic acids is 1. The van der Waals surface area contributed by atoms with Crippen molar-refractivity contribution in [3.05, 3.63) is 69.7 Å². The molecule has 0 saturated heterocycles. The molecular formula is C19H21BrF2N2O. The summed E-state index contributed by atoms with van der Waals surface area (Å²) in [5.74, 6) is -1.16. The first-order chi connectivity index (χ1) is 11.8. The summed E-state index contributed by atoms with van der Waals surface area (Å²) in [4.78, 5) is 13.9. The van der Waals surface area contributed by atoms with Gasteiger partial charge in [-0.25, -0.2) is 8.78 Å². The average Bonchev–Trinajstić information content (AvgIpc) is 2.56. The van der Waals surface area contributed by atoms with Crippen LogP contribution < -0.4 is 5.32 Å². The number of rotatable bonds is 6. The first kappa shape index (κ1) is 19.5. The summed E-state index contributed by atoms with van der Waals surface area (Å²) < 4.78 is 28.2. The Bertz CT molecular complexity index is 737. The fourth-order valence-electron chi connectivity index (χ4n) is 2.56. The summed E-state index contributed by atoms with van der Waals surface area (Å²) in [6.07, 6.45) is 0. The summed E-state index contributed by atoms with van der Waals surface area (Å²) in [5.41, 5.74) is 1.22. The quantitative estimate of drug-likeness (QED) is 0.754. The van der Waals surface area contributed by atoms with E-state index in [9.17, 15) is 13.6 Å². The second kappa shape index (κ2) is 8.54. The normalized spacial score (nSPS) is 13.6. The van der Waals surface area contributed by atoms with Gasteiger partial charge in [-0.1, -0.05) is 28.1 Å². The molecule has 0 aromatic heterocycles. The molecule has 0 fully saturated rings. The zero-order valence-electron chi connectivity index (χ0n) is 14.4. The lowest BCUT2D eigenvalue weighted by Crippen LogP contribution is -2.37. The first-order valence-electron chi connectivity index (χ1n) is 7.98. The fraction of sp³-hybridized carbons (Fsp3) is 0.316. The van der Waals surface area contributed by atoms with Crippen LogP contribution in [0.4, 0.5) is 8.78 Å². The van der Waals surface area contributed by atoms with Crippen molar-refractivity contribution in [2.75, 3.05) is 13.6 Å². The number of nitrogens with one attached hydrogen (secondary N) is 1. The van der Waals surface area contributed by atoms with Gasteiger partial charge in [-0.05, 0) is 56.8 Å². The molecule has 2 atom stereocenters. The highest BCUT2D eigenvalue weighted by molar-refractivity contribution is 9.10. The van der Waals surface area contributed by atoms with Crippen molar-refractivity contribution in [1.82, 2.24) is 10.2 Å². The minimum absolute atomic E-state index is 0.0813. The van der Waals surface area contributed by atoms with E-state index in [0.717, 1.165) is 22.2 Å². The Morgan fingerprint density at radius 1 is 1.16 bits per heavy atom.